The number of carbonyl (C=O) groups excluding carboxylic acids is 1. The molecule has 13 heteroatoms. The Morgan fingerprint density at radius 3 is 2.64 bits per heavy atom. The zero-order valence-corrected chi connectivity index (χ0v) is 17.4. The molecule has 3 aromatic rings. The van der Waals surface area contributed by atoms with E-state index in [2.05, 4.69) is 20.1 Å². The van der Waals surface area contributed by atoms with Crippen LogP contribution in [0, 0.1) is 12.3 Å². The van der Waals surface area contributed by atoms with E-state index in [9.17, 15) is 26.7 Å². The van der Waals surface area contributed by atoms with E-state index < -0.39 is 30.3 Å². The fraction of sp³-hybridized carbons (Fsp3) is 0.450. The number of alkyl halides is 5. The molecule has 2 aliphatic heterocycles. The van der Waals surface area contributed by atoms with Gasteiger partial charge in [-0.15, -0.1) is 0 Å². The van der Waals surface area contributed by atoms with E-state index in [1.165, 1.54) is 17.2 Å². The lowest BCUT2D eigenvalue weighted by Gasteiger charge is -2.48. The van der Waals surface area contributed by atoms with Gasteiger partial charge in [0.1, 0.15) is 17.8 Å². The van der Waals surface area contributed by atoms with Crippen LogP contribution in [0.15, 0.2) is 24.5 Å². The number of aromatic nitrogens is 5. The number of fused-ring (bicyclic) bond motifs is 1. The minimum atomic E-state index is -4.54. The van der Waals surface area contributed by atoms with Gasteiger partial charge < -0.3 is 4.90 Å². The number of pyridine rings is 1. The van der Waals surface area contributed by atoms with Crippen LogP contribution in [0.5, 0.6) is 0 Å². The molecule has 3 aromatic heterocycles. The van der Waals surface area contributed by atoms with Gasteiger partial charge in [0.15, 0.2) is 11.5 Å². The van der Waals surface area contributed by atoms with Gasteiger partial charge in [-0.3, -0.25) is 14.7 Å². The predicted molar refractivity (Wildman–Crippen MR) is 107 cm³/mol. The topological polar surface area (TPSA) is 80.0 Å². The molecule has 0 aliphatic carbocycles. The summed E-state index contributed by atoms with van der Waals surface area (Å²) in [6, 6.07) is 2.50. The predicted octanol–water partition coefficient (Wildman–Crippen LogP) is 3.06. The fourth-order valence-corrected chi connectivity index (χ4v) is 4.50. The number of aryl methyl sites for hydroxylation is 1. The van der Waals surface area contributed by atoms with Gasteiger partial charge >= 0.3 is 6.18 Å². The molecule has 0 bridgehead atoms. The first-order valence-electron chi connectivity index (χ1n) is 10.1. The Morgan fingerprint density at radius 1 is 1.18 bits per heavy atom. The SMILES string of the molecule is Cc1nn(CC(F)F)c2nc(N3CC4(CC3=O)CN(c3ccnc(C(F)(F)F)c3)C4)cnc12. The first kappa shape index (κ1) is 21.5. The van der Waals surface area contributed by atoms with Gasteiger partial charge in [0.2, 0.25) is 5.91 Å². The fourth-order valence-electron chi connectivity index (χ4n) is 4.50. The van der Waals surface area contributed by atoms with Crippen LogP contribution in [0.3, 0.4) is 0 Å². The van der Waals surface area contributed by atoms with Crippen LogP contribution in [0.1, 0.15) is 17.8 Å². The number of hydrogen-bond acceptors (Lipinski definition) is 6. The molecule has 1 amide bonds. The first-order valence-corrected chi connectivity index (χ1v) is 10.1. The van der Waals surface area contributed by atoms with Gasteiger partial charge in [-0.25, -0.2) is 23.4 Å². The van der Waals surface area contributed by atoms with Crippen LogP contribution in [0.4, 0.5) is 33.5 Å². The van der Waals surface area contributed by atoms with Gasteiger partial charge in [-0.2, -0.15) is 18.3 Å². The van der Waals surface area contributed by atoms with Crippen molar-refractivity contribution in [1.29, 1.82) is 0 Å². The van der Waals surface area contributed by atoms with Crippen LogP contribution >= 0.6 is 0 Å². The Balaban J connectivity index is 1.35. The normalized spacial score (nSPS) is 18.1. The molecule has 2 fully saturated rings. The van der Waals surface area contributed by atoms with Crippen LogP contribution in [-0.2, 0) is 17.5 Å². The van der Waals surface area contributed by atoms with Crippen molar-refractivity contribution in [2.24, 2.45) is 5.41 Å². The van der Waals surface area contributed by atoms with E-state index in [0.717, 1.165) is 16.9 Å². The standard InChI is InChI=1S/C20H18F5N7O/c1-11-17-18(32(29-11)7-14(21)22)28-15(6-27-17)31-10-19(5-16(31)33)8-30(9-19)12-2-3-26-13(4-12)20(23,24)25/h2-4,6,14H,5,7-10H2,1H3. The summed E-state index contributed by atoms with van der Waals surface area (Å²) in [5, 5.41) is 4.06. The second-order valence-corrected chi connectivity index (χ2v) is 8.47. The third-order valence-electron chi connectivity index (χ3n) is 5.96. The summed E-state index contributed by atoms with van der Waals surface area (Å²) >= 11 is 0. The number of carbonyl (C=O) groups is 1. The molecule has 0 aromatic carbocycles. The molecule has 33 heavy (non-hydrogen) atoms. The first-order chi connectivity index (χ1) is 15.5. The summed E-state index contributed by atoms with van der Waals surface area (Å²) in [4.78, 5) is 28.0. The molecule has 0 atom stereocenters. The molecule has 0 saturated carbocycles. The van der Waals surface area contributed by atoms with E-state index in [-0.39, 0.29) is 23.8 Å². The lowest BCUT2D eigenvalue weighted by Crippen LogP contribution is -2.57. The van der Waals surface area contributed by atoms with E-state index >= 15 is 0 Å². The molecule has 174 valence electrons. The molecular weight excluding hydrogens is 449 g/mol. The maximum Gasteiger partial charge on any atom is 0.433 e. The average Bonchev–Trinajstić information content (AvgIpc) is 3.23. The van der Waals surface area contributed by atoms with Crippen LogP contribution < -0.4 is 9.80 Å². The highest BCUT2D eigenvalue weighted by molar-refractivity contribution is 5.96. The molecule has 5 rings (SSSR count). The summed E-state index contributed by atoms with van der Waals surface area (Å²) in [5.74, 6) is 0.0344. The lowest BCUT2D eigenvalue weighted by molar-refractivity contribution is -0.141. The molecular formula is C20H18F5N7O. The summed E-state index contributed by atoms with van der Waals surface area (Å²) in [7, 11) is 0. The minimum absolute atomic E-state index is 0.172. The van der Waals surface area contributed by atoms with Crippen molar-refractivity contribution in [2.45, 2.75) is 32.5 Å². The summed E-state index contributed by atoms with van der Waals surface area (Å²) < 4.78 is 65.7. The Kier molecular flexibility index (Phi) is 4.76. The second-order valence-electron chi connectivity index (χ2n) is 8.47. The van der Waals surface area contributed by atoms with Gasteiger partial charge in [0, 0.05) is 43.4 Å². The lowest BCUT2D eigenvalue weighted by atomic mass is 9.78. The highest BCUT2D eigenvalue weighted by Gasteiger charge is 2.52. The van der Waals surface area contributed by atoms with E-state index in [1.54, 1.807) is 11.8 Å². The monoisotopic (exact) mass is 467 g/mol. The van der Waals surface area contributed by atoms with Gasteiger partial charge in [0.05, 0.1) is 11.9 Å². The zero-order valence-electron chi connectivity index (χ0n) is 17.4. The van der Waals surface area contributed by atoms with Crippen molar-refractivity contribution in [1.82, 2.24) is 24.7 Å². The van der Waals surface area contributed by atoms with Crippen molar-refractivity contribution in [3.8, 4) is 0 Å². The summed E-state index contributed by atoms with van der Waals surface area (Å²) in [6.07, 6.45) is -4.43. The summed E-state index contributed by atoms with van der Waals surface area (Å²) in [6.45, 7) is 2.10. The third kappa shape index (κ3) is 3.74. The van der Waals surface area contributed by atoms with Gasteiger partial charge in [0.25, 0.3) is 6.43 Å². The number of anilines is 2. The van der Waals surface area contributed by atoms with Crippen LogP contribution in [-0.4, -0.2) is 56.7 Å². The van der Waals surface area contributed by atoms with Gasteiger partial charge in [-0.05, 0) is 19.1 Å². The zero-order chi connectivity index (χ0) is 23.5. The third-order valence-corrected chi connectivity index (χ3v) is 5.96. The van der Waals surface area contributed by atoms with E-state index in [0.29, 0.717) is 36.5 Å². The molecule has 2 saturated heterocycles. The Bertz CT molecular complexity index is 1240. The van der Waals surface area contributed by atoms with Crippen molar-refractivity contribution in [3.05, 3.63) is 35.9 Å². The Morgan fingerprint density at radius 2 is 1.94 bits per heavy atom. The number of rotatable bonds is 4. The van der Waals surface area contributed by atoms with Crippen LogP contribution in [0.2, 0.25) is 0 Å². The van der Waals surface area contributed by atoms with Gasteiger partial charge in [-0.1, -0.05) is 0 Å². The number of hydrogen-bond donors (Lipinski definition) is 0. The molecule has 8 nitrogen and oxygen atoms in total. The highest BCUT2D eigenvalue weighted by atomic mass is 19.4. The quantitative estimate of drug-likeness (QED) is 0.549. The molecule has 0 N–H and O–H groups in total. The number of halogens is 5. The maximum absolute atomic E-state index is 13.0. The molecule has 1 spiro atoms. The van der Waals surface area contributed by atoms with Crippen LogP contribution in [0.25, 0.3) is 11.2 Å². The highest BCUT2D eigenvalue weighted by Crippen LogP contribution is 2.44. The maximum atomic E-state index is 13.0. The largest absolute Gasteiger partial charge is 0.433 e. The smallest absolute Gasteiger partial charge is 0.370 e. The average molecular weight is 467 g/mol. The molecule has 0 unspecified atom stereocenters. The van der Waals surface area contributed by atoms with Crippen molar-refractivity contribution in [2.75, 3.05) is 29.4 Å². The second kappa shape index (κ2) is 7.32. The molecule has 0 radical (unpaired) electrons. The minimum Gasteiger partial charge on any atom is -0.370 e. The Hall–Kier alpha value is -3.38. The molecule has 2 aliphatic rings. The van der Waals surface area contributed by atoms with Crippen molar-refractivity contribution < 1.29 is 26.7 Å². The van der Waals surface area contributed by atoms with Crippen molar-refractivity contribution >= 4 is 28.6 Å². The molecule has 5 heterocycles. The number of amides is 1. The number of nitrogens with zero attached hydrogens (tertiary/aromatic N) is 7. The Labute approximate surface area is 184 Å². The van der Waals surface area contributed by atoms with Crippen molar-refractivity contribution in [3.63, 3.8) is 0 Å². The van der Waals surface area contributed by atoms with E-state index in [1.807, 2.05) is 0 Å². The van der Waals surface area contributed by atoms with E-state index in [4.69, 9.17) is 0 Å². The summed E-state index contributed by atoms with van der Waals surface area (Å²) in [5.41, 5.74) is -0.00136.